The third kappa shape index (κ3) is 1.44. The molecule has 1 aromatic heterocycles. The summed E-state index contributed by atoms with van der Waals surface area (Å²) < 4.78 is 7.42. The van der Waals surface area contributed by atoms with Crippen LogP contribution in [0.2, 0.25) is 0 Å². The Morgan fingerprint density at radius 1 is 1.38 bits per heavy atom. The molecule has 0 N–H and O–H groups in total. The van der Waals surface area contributed by atoms with Crippen LogP contribution in [0.25, 0.3) is 0 Å². The largest absolute Gasteiger partial charge is 0.474 e. The highest BCUT2D eigenvalue weighted by molar-refractivity contribution is 5.29. The van der Waals surface area contributed by atoms with Crippen molar-refractivity contribution in [2.45, 2.75) is 51.7 Å². The Morgan fingerprint density at radius 2 is 2.25 bits per heavy atom. The van der Waals surface area contributed by atoms with E-state index in [4.69, 9.17) is 4.74 Å². The molecule has 0 aliphatic carbocycles. The van der Waals surface area contributed by atoms with Gasteiger partial charge in [0.15, 0.2) is 0 Å². The Hall–Kier alpha value is -1.32. The summed E-state index contributed by atoms with van der Waals surface area (Å²) in [5, 5.41) is 0. The molecule has 4 nitrogen and oxygen atoms in total. The predicted octanol–water partition coefficient (Wildman–Crippen LogP) is 1.29. The third-order valence-corrected chi connectivity index (χ3v) is 3.39. The lowest BCUT2D eigenvalue weighted by atomic mass is 10.2. The highest BCUT2D eigenvalue weighted by atomic mass is 16.5. The second-order valence-corrected chi connectivity index (χ2v) is 4.71. The van der Waals surface area contributed by atoms with Crippen LogP contribution >= 0.6 is 0 Å². The average Bonchev–Trinajstić information content (AvgIpc) is 2.48. The topological polar surface area (TPSA) is 44.1 Å². The highest BCUT2D eigenvalue weighted by Crippen LogP contribution is 2.24. The lowest BCUT2D eigenvalue weighted by molar-refractivity contribution is 0.245. The number of aryl methyl sites for hydroxylation is 1. The predicted molar refractivity (Wildman–Crippen MR) is 59.8 cm³/mol. The fourth-order valence-corrected chi connectivity index (χ4v) is 2.56. The Kier molecular flexibility index (Phi) is 2.23. The van der Waals surface area contributed by atoms with Crippen molar-refractivity contribution in [2.75, 3.05) is 0 Å². The molecule has 1 unspecified atom stereocenters. The van der Waals surface area contributed by atoms with E-state index in [1.54, 1.807) is 0 Å². The number of aromatic nitrogens is 2. The van der Waals surface area contributed by atoms with Crippen molar-refractivity contribution in [2.24, 2.45) is 0 Å². The van der Waals surface area contributed by atoms with Crippen molar-refractivity contribution in [1.82, 2.24) is 9.55 Å². The van der Waals surface area contributed by atoms with Gasteiger partial charge in [0, 0.05) is 19.4 Å². The Bertz CT molecular complexity index is 479. The maximum atomic E-state index is 12.2. The summed E-state index contributed by atoms with van der Waals surface area (Å²) in [4.78, 5) is 16.8. The van der Waals surface area contributed by atoms with E-state index >= 15 is 0 Å². The zero-order valence-electron chi connectivity index (χ0n) is 9.53. The van der Waals surface area contributed by atoms with E-state index in [0.29, 0.717) is 12.3 Å². The van der Waals surface area contributed by atoms with Crippen molar-refractivity contribution in [1.29, 1.82) is 0 Å². The molecule has 1 atom stereocenters. The minimum atomic E-state index is 0.0989. The lowest BCUT2D eigenvalue weighted by Gasteiger charge is -2.09. The van der Waals surface area contributed by atoms with Crippen LogP contribution in [0.1, 0.15) is 37.6 Å². The molecule has 0 saturated carbocycles. The summed E-state index contributed by atoms with van der Waals surface area (Å²) >= 11 is 0. The van der Waals surface area contributed by atoms with E-state index in [1.165, 1.54) is 6.42 Å². The molecule has 3 rings (SSSR count). The molecule has 0 amide bonds. The van der Waals surface area contributed by atoms with Gasteiger partial charge in [0.05, 0.1) is 5.56 Å². The van der Waals surface area contributed by atoms with Crippen molar-refractivity contribution >= 4 is 0 Å². The normalized spacial score (nSPS) is 23.2. The number of rotatable bonds is 0. The van der Waals surface area contributed by atoms with E-state index in [-0.39, 0.29) is 11.7 Å². The maximum absolute atomic E-state index is 12.2. The number of hydrogen-bond acceptors (Lipinski definition) is 3. The third-order valence-electron chi connectivity index (χ3n) is 3.39. The van der Waals surface area contributed by atoms with Crippen LogP contribution in [0.5, 0.6) is 5.88 Å². The van der Waals surface area contributed by atoms with Gasteiger partial charge < -0.3 is 4.74 Å². The second kappa shape index (κ2) is 3.61. The Morgan fingerprint density at radius 3 is 3.12 bits per heavy atom. The first kappa shape index (κ1) is 9.87. The van der Waals surface area contributed by atoms with Crippen LogP contribution in [0.4, 0.5) is 0 Å². The number of fused-ring (bicyclic) bond motifs is 2. The summed E-state index contributed by atoms with van der Waals surface area (Å²) in [6.07, 6.45) is 5.11. The molecule has 0 spiro atoms. The SMILES string of the molecule is CC1Cc2c(nc3n(c2=O)CCCCC3)O1. The molecule has 0 bridgehead atoms. The van der Waals surface area contributed by atoms with Gasteiger partial charge in [0.25, 0.3) is 5.56 Å². The van der Waals surface area contributed by atoms with Crippen LogP contribution in [-0.2, 0) is 19.4 Å². The summed E-state index contributed by atoms with van der Waals surface area (Å²) in [5.74, 6) is 1.50. The van der Waals surface area contributed by atoms with Crippen LogP contribution in [0, 0.1) is 0 Å². The molecule has 3 heterocycles. The summed E-state index contributed by atoms with van der Waals surface area (Å²) in [7, 11) is 0. The molecule has 4 heteroatoms. The van der Waals surface area contributed by atoms with Crippen LogP contribution in [0.3, 0.4) is 0 Å². The van der Waals surface area contributed by atoms with E-state index in [9.17, 15) is 4.79 Å². The van der Waals surface area contributed by atoms with E-state index in [2.05, 4.69) is 4.98 Å². The van der Waals surface area contributed by atoms with Gasteiger partial charge in [0.2, 0.25) is 5.88 Å². The molecule has 0 aromatic carbocycles. The quantitative estimate of drug-likeness (QED) is 0.662. The number of nitrogens with zero attached hydrogens (tertiary/aromatic N) is 2. The molecule has 86 valence electrons. The number of hydrogen-bond donors (Lipinski definition) is 0. The smallest absolute Gasteiger partial charge is 0.260 e. The molecule has 0 radical (unpaired) electrons. The van der Waals surface area contributed by atoms with Gasteiger partial charge in [0.1, 0.15) is 11.9 Å². The van der Waals surface area contributed by atoms with Crippen molar-refractivity contribution < 1.29 is 4.74 Å². The monoisotopic (exact) mass is 220 g/mol. The highest BCUT2D eigenvalue weighted by Gasteiger charge is 2.26. The summed E-state index contributed by atoms with van der Waals surface area (Å²) in [6, 6.07) is 0. The molecule has 0 fully saturated rings. The minimum Gasteiger partial charge on any atom is -0.474 e. The zero-order chi connectivity index (χ0) is 11.1. The lowest BCUT2D eigenvalue weighted by Crippen LogP contribution is -2.26. The van der Waals surface area contributed by atoms with Crippen molar-refractivity contribution in [3.05, 3.63) is 21.7 Å². The van der Waals surface area contributed by atoms with E-state index < -0.39 is 0 Å². The van der Waals surface area contributed by atoms with E-state index in [0.717, 1.165) is 37.2 Å². The van der Waals surface area contributed by atoms with Gasteiger partial charge in [-0.25, -0.2) is 0 Å². The van der Waals surface area contributed by atoms with Gasteiger partial charge in [-0.05, 0) is 19.8 Å². The first-order valence-electron chi connectivity index (χ1n) is 6.05. The van der Waals surface area contributed by atoms with Crippen LogP contribution in [-0.4, -0.2) is 15.7 Å². The van der Waals surface area contributed by atoms with Gasteiger partial charge in [-0.2, -0.15) is 4.98 Å². The minimum absolute atomic E-state index is 0.0989. The average molecular weight is 220 g/mol. The zero-order valence-corrected chi connectivity index (χ0v) is 9.53. The van der Waals surface area contributed by atoms with Gasteiger partial charge in [-0.1, -0.05) is 6.42 Å². The molecule has 16 heavy (non-hydrogen) atoms. The first-order valence-corrected chi connectivity index (χ1v) is 6.05. The van der Waals surface area contributed by atoms with Gasteiger partial charge in [-0.15, -0.1) is 0 Å². The molecule has 2 aliphatic heterocycles. The first-order chi connectivity index (χ1) is 7.75. The second-order valence-electron chi connectivity index (χ2n) is 4.71. The number of ether oxygens (including phenoxy) is 1. The molecule has 1 aromatic rings. The Balaban J connectivity index is 2.15. The molecular formula is C12H16N2O2. The fraction of sp³-hybridized carbons (Fsp3) is 0.667. The molecule has 2 aliphatic rings. The van der Waals surface area contributed by atoms with Crippen LogP contribution < -0.4 is 10.3 Å². The maximum Gasteiger partial charge on any atom is 0.260 e. The van der Waals surface area contributed by atoms with Gasteiger partial charge >= 0.3 is 0 Å². The molecule has 0 saturated heterocycles. The van der Waals surface area contributed by atoms with Crippen molar-refractivity contribution in [3.63, 3.8) is 0 Å². The fourth-order valence-electron chi connectivity index (χ4n) is 2.56. The van der Waals surface area contributed by atoms with Crippen LogP contribution in [0.15, 0.2) is 4.79 Å². The van der Waals surface area contributed by atoms with Gasteiger partial charge in [-0.3, -0.25) is 9.36 Å². The van der Waals surface area contributed by atoms with Crippen molar-refractivity contribution in [3.8, 4) is 5.88 Å². The Labute approximate surface area is 94.3 Å². The standard InChI is InChI=1S/C12H16N2O2/c1-8-7-9-11(16-8)13-10-5-3-2-4-6-14(10)12(9)15/h8H,2-7H2,1H3. The van der Waals surface area contributed by atoms with E-state index in [1.807, 2.05) is 11.5 Å². The molecular weight excluding hydrogens is 204 g/mol. The summed E-state index contributed by atoms with van der Waals surface area (Å²) in [5.41, 5.74) is 0.907. The summed E-state index contributed by atoms with van der Waals surface area (Å²) in [6.45, 7) is 2.81.